The largest absolute Gasteiger partial charge is 0.438 e. The zero-order valence-electron chi connectivity index (χ0n) is 15.8. The van der Waals surface area contributed by atoms with Crippen LogP contribution in [0.2, 0.25) is 0 Å². The zero-order chi connectivity index (χ0) is 19.5. The van der Waals surface area contributed by atoms with Crippen LogP contribution >= 0.6 is 0 Å². The number of aryl methyl sites for hydroxylation is 2. The Bertz CT molecular complexity index is 1220. The number of carbonyl (C=O) groups is 1. The molecule has 0 saturated heterocycles. The fourth-order valence-corrected chi connectivity index (χ4v) is 2.95. The predicted molar refractivity (Wildman–Crippen MR) is 112 cm³/mol. The molecule has 0 aliphatic rings. The lowest BCUT2D eigenvalue weighted by molar-refractivity contribution is 0.102. The quantitative estimate of drug-likeness (QED) is 0.516. The number of rotatable bonds is 3. The molecule has 1 amide bonds. The van der Waals surface area contributed by atoms with E-state index in [2.05, 4.69) is 10.3 Å². The number of para-hydroxylation sites is 2. The fourth-order valence-electron chi connectivity index (χ4n) is 2.95. The Kier molecular flexibility index (Phi) is 4.77. The third-order valence-electron chi connectivity index (χ3n) is 4.56. The first-order valence-corrected chi connectivity index (χ1v) is 9.11. The van der Waals surface area contributed by atoms with Crippen LogP contribution in [0.15, 0.2) is 88.3 Å². The lowest BCUT2D eigenvalue weighted by atomic mass is 10.1. The number of nitrogens with one attached hydrogen (secondary N) is 1. The number of hydrogen-bond donors (Lipinski definition) is 1. The number of anilines is 1. The van der Waals surface area contributed by atoms with E-state index in [-0.39, 0.29) is 11.5 Å². The minimum Gasteiger partial charge on any atom is -0.438 e. The lowest BCUT2D eigenvalue weighted by Crippen LogP contribution is -2.22. The van der Waals surface area contributed by atoms with Gasteiger partial charge in [-0.1, -0.05) is 54.1 Å². The summed E-state index contributed by atoms with van der Waals surface area (Å²) in [5, 5.41) is 3.82. The van der Waals surface area contributed by atoms with Crippen molar-refractivity contribution in [3.8, 4) is 0 Å². The Morgan fingerprint density at radius 3 is 2.39 bits per heavy atom. The summed E-state index contributed by atoms with van der Waals surface area (Å²) in [4.78, 5) is 17.6. The zero-order valence-corrected chi connectivity index (χ0v) is 15.8. The number of benzene rings is 3. The van der Waals surface area contributed by atoms with Crippen molar-refractivity contribution in [3.05, 3.63) is 101 Å². The van der Waals surface area contributed by atoms with Crippen LogP contribution in [0.4, 0.5) is 11.4 Å². The summed E-state index contributed by atoms with van der Waals surface area (Å²) in [6, 6.07) is 24.9. The predicted octanol–water partition coefficient (Wildman–Crippen LogP) is 5.53. The molecule has 0 saturated carbocycles. The van der Waals surface area contributed by atoms with Crippen molar-refractivity contribution < 1.29 is 9.21 Å². The van der Waals surface area contributed by atoms with Crippen LogP contribution < -0.4 is 10.9 Å². The van der Waals surface area contributed by atoms with E-state index in [1.54, 1.807) is 0 Å². The van der Waals surface area contributed by atoms with E-state index in [0.717, 1.165) is 27.9 Å². The Balaban J connectivity index is 1.84. The molecule has 4 aromatic rings. The highest BCUT2D eigenvalue weighted by molar-refractivity contribution is 6.05. The molecule has 0 aliphatic heterocycles. The molecule has 0 atom stereocenters. The molecule has 0 fully saturated rings. The number of nitrogens with zero attached hydrogens (tertiary/aromatic N) is 1. The summed E-state index contributed by atoms with van der Waals surface area (Å²) in [6.45, 7) is 3.98. The van der Waals surface area contributed by atoms with E-state index >= 15 is 0 Å². The highest BCUT2D eigenvalue weighted by Crippen LogP contribution is 2.18. The van der Waals surface area contributed by atoms with E-state index in [0.29, 0.717) is 11.1 Å². The lowest BCUT2D eigenvalue weighted by Gasteiger charge is -2.09. The van der Waals surface area contributed by atoms with Crippen molar-refractivity contribution in [2.45, 2.75) is 13.8 Å². The molecule has 4 nitrogen and oxygen atoms in total. The second-order valence-corrected chi connectivity index (χ2v) is 6.72. The number of hydrogen-bond acceptors (Lipinski definition) is 3. The van der Waals surface area contributed by atoms with Gasteiger partial charge in [-0.3, -0.25) is 4.79 Å². The van der Waals surface area contributed by atoms with Crippen molar-refractivity contribution >= 4 is 28.3 Å². The van der Waals surface area contributed by atoms with Gasteiger partial charge in [-0.2, -0.15) is 0 Å². The molecule has 0 unspecified atom stereocenters. The van der Waals surface area contributed by atoms with Crippen molar-refractivity contribution in [3.63, 3.8) is 0 Å². The highest BCUT2D eigenvalue weighted by atomic mass is 16.3. The molecule has 0 radical (unpaired) electrons. The summed E-state index contributed by atoms with van der Waals surface area (Å²) in [5.74, 6) is -0.255. The second-order valence-electron chi connectivity index (χ2n) is 6.72. The molecular formula is C24H20N2O2. The fraction of sp³-hybridized carbons (Fsp3) is 0.0833. The van der Waals surface area contributed by atoms with E-state index in [1.807, 2.05) is 92.7 Å². The van der Waals surface area contributed by atoms with Gasteiger partial charge in [0.05, 0.1) is 5.69 Å². The van der Waals surface area contributed by atoms with Crippen molar-refractivity contribution in [2.24, 2.45) is 4.99 Å². The molecule has 0 aliphatic carbocycles. The molecule has 4 heteroatoms. The first-order valence-electron chi connectivity index (χ1n) is 9.11. The van der Waals surface area contributed by atoms with Crippen LogP contribution in [0.5, 0.6) is 0 Å². The third kappa shape index (κ3) is 3.71. The minimum atomic E-state index is -0.255. The van der Waals surface area contributed by atoms with Crippen LogP contribution in [0.1, 0.15) is 21.5 Å². The Labute approximate surface area is 163 Å². The normalized spacial score (nSPS) is 11.6. The molecule has 0 bridgehead atoms. The first kappa shape index (κ1) is 17.7. The van der Waals surface area contributed by atoms with E-state index in [4.69, 9.17) is 4.42 Å². The Morgan fingerprint density at radius 1 is 0.893 bits per heavy atom. The number of fused-ring (bicyclic) bond motifs is 1. The van der Waals surface area contributed by atoms with Gasteiger partial charge in [-0.05, 0) is 49.7 Å². The molecule has 1 N–H and O–H groups in total. The number of carbonyl (C=O) groups excluding carboxylic acids is 1. The van der Waals surface area contributed by atoms with Gasteiger partial charge in [0.2, 0.25) is 5.55 Å². The molecule has 0 spiro atoms. The maximum Gasteiger partial charge on any atom is 0.261 e. The maximum atomic E-state index is 13.0. The van der Waals surface area contributed by atoms with Crippen molar-refractivity contribution in [1.29, 1.82) is 0 Å². The SMILES string of the molecule is Cc1ccc(N=c2oc3ccccc3cc2C(=O)Nc2ccccc2C)cc1. The Hall–Kier alpha value is -3.66. The number of amides is 1. The summed E-state index contributed by atoms with van der Waals surface area (Å²) in [6.07, 6.45) is 0. The van der Waals surface area contributed by atoms with E-state index in [9.17, 15) is 4.79 Å². The van der Waals surface area contributed by atoms with Crippen LogP contribution in [0, 0.1) is 13.8 Å². The van der Waals surface area contributed by atoms with Gasteiger partial charge in [0.1, 0.15) is 11.1 Å². The Morgan fingerprint density at radius 2 is 1.61 bits per heavy atom. The summed E-state index contributed by atoms with van der Waals surface area (Å²) < 4.78 is 5.99. The summed E-state index contributed by atoms with van der Waals surface area (Å²) in [5.41, 5.74) is 4.99. The topological polar surface area (TPSA) is 54.6 Å². The minimum absolute atomic E-state index is 0.255. The summed E-state index contributed by atoms with van der Waals surface area (Å²) >= 11 is 0. The molecule has 1 heterocycles. The van der Waals surface area contributed by atoms with Gasteiger partial charge in [0, 0.05) is 11.1 Å². The van der Waals surface area contributed by atoms with Gasteiger partial charge in [-0.15, -0.1) is 0 Å². The molecule has 28 heavy (non-hydrogen) atoms. The van der Waals surface area contributed by atoms with E-state index in [1.165, 1.54) is 0 Å². The van der Waals surface area contributed by atoms with Crippen molar-refractivity contribution in [2.75, 3.05) is 5.32 Å². The maximum absolute atomic E-state index is 13.0. The van der Waals surface area contributed by atoms with Gasteiger partial charge < -0.3 is 9.73 Å². The first-order chi connectivity index (χ1) is 13.6. The molecule has 3 aromatic carbocycles. The van der Waals surface area contributed by atoms with Crippen LogP contribution in [0.25, 0.3) is 11.0 Å². The monoisotopic (exact) mass is 368 g/mol. The highest BCUT2D eigenvalue weighted by Gasteiger charge is 2.14. The second kappa shape index (κ2) is 7.53. The average Bonchev–Trinajstić information content (AvgIpc) is 2.71. The van der Waals surface area contributed by atoms with Gasteiger partial charge >= 0.3 is 0 Å². The van der Waals surface area contributed by atoms with Crippen molar-refractivity contribution in [1.82, 2.24) is 0 Å². The third-order valence-corrected chi connectivity index (χ3v) is 4.56. The average molecular weight is 368 g/mol. The molecular weight excluding hydrogens is 348 g/mol. The van der Waals surface area contributed by atoms with Gasteiger partial charge in [-0.25, -0.2) is 4.99 Å². The molecule has 138 valence electrons. The molecule has 4 rings (SSSR count). The van der Waals surface area contributed by atoms with E-state index < -0.39 is 0 Å². The molecule has 1 aromatic heterocycles. The smallest absolute Gasteiger partial charge is 0.261 e. The van der Waals surface area contributed by atoms with Gasteiger partial charge in [0.15, 0.2) is 0 Å². The van der Waals surface area contributed by atoms with Gasteiger partial charge in [0.25, 0.3) is 5.91 Å². The van der Waals surface area contributed by atoms with Crippen LogP contribution in [-0.2, 0) is 0 Å². The van der Waals surface area contributed by atoms with Crippen LogP contribution in [0.3, 0.4) is 0 Å². The standard InChI is InChI=1S/C24H20N2O2/c1-16-11-13-19(14-12-16)25-24-20(15-18-8-4-6-10-22(18)28-24)23(27)26-21-9-5-3-7-17(21)2/h3-15H,1-2H3,(H,26,27). The van der Waals surface area contributed by atoms with Crippen LogP contribution in [-0.4, -0.2) is 5.91 Å². The summed E-state index contributed by atoms with van der Waals surface area (Å²) in [7, 11) is 0.